The zero-order valence-electron chi connectivity index (χ0n) is 10.5. The van der Waals surface area contributed by atoms with Gasteiger partial charge in [-0.25, -0.2) is 9.97 Å². The number of hydrogen-bond donors (Lipinski definition) is 1. The lowest BCUT2D eigenvalue weighted by Crippen LogP contribution is -2.14. The van der Waals surface area contributed by atoms with Crippen molar-refractivity contribution in [2.45, 2.75) is 6.92 Å². The monoisotopic (exact) mass is 321 g/mol. The Morgan fingerprint density at radius 3 is 2.74 bits per heavy atom. The third-order valence-electron chi connectivity index (χ3n) is 2.46. The molecule has 98 valence electrons. The molecule has 5 nitrogen and oxygen atoms in total. The Morgan fingerprint density at radius 1 is 1.32 bits per heavy atom. The Kier molecular flexibility index (Phi) is 4.11. The predicted molar refractivity (Wildman–Crippen MR) is 75.4 cm³/mol. The van der Waals surface area contributed by atoms with Gasteiger partial charge in [-0.15, -0.1) is 0 Å². The van der Waals surface area contributed by atoms with Crippen molar-refractivity contribution in [1.29, 1.82) is 0 Å². The second kappa shape index (κ2) is 5.79. The van der Waals surface area contributed by atoms with Crippen molar-refractivity contribution in [3.05, 3.63) is 46.5 Å². The van der Waals surface area contributed by atoms with E-state index >= 15 is 0 Å². The number of carbonyl (C=O) groups is 1. The van der Waals surface area contributed by atoms with Gasteiger partial charge in [0.05, 0.1) is 25.2 Å². The summed E-state index contributed by atoms with van der Waals surface area (Å²) in [6.45, 7) is 1.94. The average Bonchev–Trinajstić information content (AvgIpc) is 2.39. The van der Waals surface area contributed by atoms with E-state index in [1.54, 1.807) is 13.2 Å². The Hall–Kier alpha value is -1.95. The molecule has 0 fully saturated rings. The summed E-state index contributed by atoms with van der Waals surface area (Å²) >= 11 is 3.17. The molecular formula is C13H12BrN3O2. The van der Waals surface area contributed by atoms with E-state index in [-0.39, 0.29) is 11.6 Å². The molecule has 0 atom stereocenters. The minimum atomic E-state index is -0.330. The summed E-state index contributed by atoms with van der Waals surface area (Å²) in [4.78, 5) is 20.0. The van der Waals surface area contributed by atoms with Crippen LogP contribution in [0.4, 0.5) is 5.69 Å². The van der Waals surface area contributed by atoms with Crippen LogP contribution in [0.15, 0.2) is 35.2 Å². The Labute approximate surface area is 119 Å². The fourth-order valence-corrected chi connectivity index (χ4v) is 1.74. The Morgan fingerprint density at radius 2 is 2.11 bits per heavy atom. The van der Waals surface area contributed by atoms with Crippen molar-refractivity contribution < 1.29 is 9.53 Å². The van der Waals surface area contributed by atoms with Crippen molar-refractivity contribution in [2.24, 2.45) is 0 Å². The summed E-state index contributed by atoms with van der Waals surface area (Å²) in [7, 11) is 1.56. The summed E-state index contributed by atoms with van der Waals surface area (Å²) in [6, 6.07) is 5.55. The molecule has 2 aromatic rings. The lowest BCUT2D eigenvalue weighted by Gasteiger charge is -2.10. The Balaban J connectivity index is 2.23. The van der Waals surface area contributed by atoms with Crippen LogP contribution < -0.4 is 10.1 Å². The van der Waals surface area contributed by atoms with Gasteiger partial charge in [0, 0.05) is 0 Å². The van der Waals surface area contributed by atoms with Crippen LogP contribution in [0.3, 0.4) is 0 Å². The number of benzene rings is 1. The van der Waals surface area contributed by atoms with E-state index in [1.807, 2.05) is 19.1 Å². The maximum absolute atomic E-state index is 12.0. The van der Waals surface area contributed by atoms with Crippen LogP contribution in [0, 0.1) is 6.92 Å². The molecule has 0 spiro atoms. The third-order valence-corrected chi connectivity index (χ3v) is 2.87. The predicted octanol–water partition coefficient (Wildman–Crippen LogP) is 2.81. The highest BCUT2D eigenvalue weighted by atomic mass is 79.9. The van der Waals surface area contributed by atoms with E-state index in [0.29, 0.717) is 16.0 Å². The van der Waals surface area contributed by atoms with Crippen LogP contribution in [0.5, 0.6) is 5.75 Å². The highest BCUT2D eigenvalue weighted by Crippen LogP contribution is 2.25. The number of nitrogens with one attached hydrogen (secondary N) is 1. The minimum absolute atomic E-state index is 0.242. The fourth-order valence-electron chi connectivity index (χ4n) is 1.54. The molecule has 1 aromatic heterocycles. The van der Waals surface area contributed by atoms with Crippen molar-refractivity contribution in [3.8, 4) is 5.75 Å². The number of carbonyl (C=O) groups excluding carboxylic acids is 1. The summed E-state index contributed by atoms with van der Waals surface area (Å²) in [5.41, 5.74) is 1.88. The fraction of sp³-hybridized carbons (Fsp3) is 0.154. The summed E-state index contributed by atoms with van der Waals surface area (Å²) in [6.07, 6.45) is 2.88. The van der Waals surface area contributed by atoms with Crippen LogP contribution in [0.2, 0.25) is 0 Å². The summed E-state index contributed by atoms with van der Waals surface area (Å²) in [5.74, 6) is 0.271. The average molecular weight is 322 g/mol. The highest BCUT2D eigenvalue weighted by Gasteiger charge is 2.11. The third kappa shape index (κ3) is 3.29. The van der Waals surface area contributed by atoms with Gasteiger partial charge in [0.2, 0.25) is 0 Å². The van der Waals surface area contributed by atoms with E-state index in [1.165, 1.54) is 12.4 Å². The molecule has 0 aliphatic rings. The topological polar surface area (TPSA) is 64.1 Å². The lowest BCUT2D eigenvalue weighted by atomic mass is 10.2. The van der Waals surface area contributed by atoms with Gasteiger partial charge >= 0.3 is 0 Å². The molecule has 1 N–H and O–H groups in total. The van der Waals surface area contributed by atoms with Crippen molar-refractivity contribution in [2.75, 3.05) is 12.4 Å². The number of rotatable bonds is 3. The number of anilines is 1. The maximum Gasteiger partial charge on any atom is 0.275 e. The lowest BCUT2D eigenvalue weighted by molar-refractivity contribution is 0.102. The summed E-state index contributed by atoms with van der Waals surface area (Å²) < 4.78 is 5.78. The number of hydrogen-bond acceptors (Lipinski definition) is 4. The van der Waals surface area contributed by atoms with Crippen molar-refractivity contribution in [3.63, 3.8) is 0 Å². The Bertz CT molecular complexity index is 599. The molecule has 19 heavy (non-hydrogen) atoms. The normalized spacial score (nSPS) is 10.1. The van der Waals surface area contributed by atoms with Crippen molar-refractivity contribution >= 4 is 27.5 Å². The van der Waals surface area contributed by atoms with E-state index in [9.17, 15) is 4.79 Å². The van der Waals surface area contributed by atoms with Gasteiger partial charge < -0.3 is 10.1 Å². The number of halogens is 1. The zero-order valence-corrected chi connectivity index (χ0v) is 12.1. The molecule has 0 saturated heterocycles. The molecule has 0 bridgehead atoms. The molecular weight excluding hydrogens is 310 g/mol. The van der Waals surface area contributed by atoms with E-state index in [2.05, 4.69) is 31.2 Å². The highest BCUT2D eigenvalue weighted by molar-refractivity contribution is 9.10. The molecule has 0 unspecified atom stereocenters. The molecule has 6 heteroatoms. The minimum Gasteiger partial charge on any atom is -0.495 e. The van der Waals surface area contributed by atoms with Crippen LogP contribution >= 0.6 is 15.9 Å². The standard InChI is InChI=1S/C13H12BrN3O2/c1-8-3-4-11(19-2)9(5-8)17-13(18)10-6-16-12(14)7-15-10/h3-7H,1-2H3,(H,17,18). The van der Waals surface area contributed by atoms with Gasteiger partial charge in [-0.1, -0.05) is 6.07 Å². The molecule has 1 aromatic carbocycles. The van der Waals surface area contributed by atoms with Gasteiger partial charge in [0.25, 0.3) is 5.91 Å². The second-order valence-electron chi connectivity index (χ2n) is 3.88. The van der Waals surface area contributed by atoms with Gasteiger partial charge in [0.1, 0.15) is 16.0 Å². The first-order valence-electron chi connectivity index (χ1n) is 5.53. The molecule has 1 heterocycles. The van der Waals surface area contributed by atoms with Gasteiger partial charge in [-0.2, -0.15) is 0 Å². The molecule has 0 aliphatic carbocycles. The maximum atomic E-state index is 12.0. The number of methoxy groups -OCH3 is 1. The first kappa shape index (κ1) is 13.5. The molecule has 1 amide bonds. The van der Waals surface area contributed by atoms with E-state index in [0.717, 1.165) is 5.56 Å². The first-order chi connectivity index (χ1) is 9.10. The number of amides is 1. The van der Waals surface area contributed by atoms with Crippen LogP contribution in [0.1, 0.15) is 16.1 Å². The number of ether oxygens (including phenoxy) is 1. The first-order valence-corrected chi connectivity index (χ1v) is 6.33. The largest absolute Gasteiger partial charge is 0.495 e. The van der Waals surface area contributed by atoms with E-state index < -0.39 is 0 Å². The van der Waals surface area contributed by atoms with Gasteiger partial charge in [-0.05, 0) is 40.5 Å². The molecule has 2 rings (SSSR count). The molecule has 0 saturated carbocycles. The zero-order chi connectivity index (χ0) is 13.8. The molecule has 0 radical (unpaired) electrons. The van der Waals surface area contributed by atoms with Crippen LogP contribution in [-0.4, -0.2) is 23.0 Å². The number of aryl methyl sites for hydroxylation is 1. The smallest absolute Gasteiger partial charge is 0.275 e. The number of aromatic nitrogens is 2. The number of nitrogens with zero attached hydrogens (tertiary/aromatic N) is 2. The quantitative estimate of drug-likeness (QED) is 0.944. The van der Waals surface area contributed by atoms with Crippen LogP contribution in [-0.2, 0) is 0 Å². The van der Waals surface area contributed by atoms with Crippen molar-refractivity contribution in [1.82, 2.24) is 9.97 Å². The van der Waals surface area contributed by atoms with Crippen LogP contribution in [0.25, 0.3) is 0 Å². The molecule has 0 aliphatic heterocycles. The second-order valence-corrected chi connectivity index (χ2v) is 4.69. The van der Waals surface area contributed by atoms with E-state index in [4.69, 9.17) is 4.74 Å². The SMILES string of the molecule is COc1ccc(C)cc1NC(=O)c1cnc(Br)cn1. The summed E-state index contributed by atoms with van der Waals surface area (Å²) in [5, 5.41) is 2.76. The van der Waals surface area contributed by atoms with Gasteiger partial charge in [-0.3, -0.25) is 4.79 Å². The van der Waals surface area contributed by atoms with Gasteiger partial charge in [0.15, 0.2) is 0 Å².